The van der Waals surface area contributed by atoms with Crippen molar-refractivity contribution in [3.05, 3.63) is 58.0 Å². The second-order valence-corrected chi connectivity index (χ2v) is 9.16. The number of fused-ring (bicyclic) bond motifs is 1. The highest BCUT2D eigenvalue weighted by Gasteiger charge is 2.30. The number of carbonyl (C=O) groups excluding carboxylic acids is 2. The molecule has 2 aromatic carbocycles. The lowest BCUT2D eigenvalue weighted by Gasteiger charge is -2.28. The number of amides is 2. The number of hydrogen-bond acceptors (Lipinski definition) is 5. The van der Waals surface area contributed by atoms with Crippen LogP contribution in [-0.2, 0) is 11.3 Å². The number of imidazole rings is 1. The number of benzene rings is 2. The first-order valence-corrected chi connectivity index (χ1v) is 12.0. The fraction of sp³-hybridized carbons (Fsp3) is 0.423. The highest BCUT2D eigenvalue weighted by atomic mass is 16.5. The van der Waals surface area contributed by atoms with E-state index in [-0.39, 0.29) is 23.6 Å². The average Bonchev–Trinajstić information content (AvgIpc) is 3.14. The maximum Gasteiger partial charge on any atom is 0.329 e. The number of methoxy groups -OCH3 is 1. The zero-order valence-corrected chi connectivity index (χ0v) is 20.3. The lowest BCUT2D eigenvalue weighted by molar-refractivity contribution is -0.121. The number of nitrogens with zero attached hydrogens (tertiary/aromatic N) is 2. The van der Waals surface area contributed by atoms with Crippen LogP contribution in [0.1, 0.15) is 54.1 Å². The first kappa shape index (κ1) is 24.5. The van der Waals surface area contributed by atoms with Crippen molar-refractivity contribution in [2.75, 3.05) is 19.0 Å². The maximum atomic E-state index is 13.5. The Morgan fingerprint density at radius 2 is 1.89 bits per heavy atom. The third kappa shape index (κ3) is 4.81. The van der Waals surface area contributed by atoms with Gasteiger partial charge in [0, 0.05) is 30.3 Å². The number of aromatic nitrogens is 2. The van der Waals surface area contributed by atoms with Gasteiger partial charge in [-0.15, -0.1) is 0 Å². The van der Waals surface area contributed by atoms with E-state index < -0.39 is 5.91 Å². The summed E-state index contributed by atoms with van der Waals surface area (Å²) in [5.41, 5.74) is 14.4. The minimum absolute atomic E-state index is 0.0249. The smallest absolute Gasteiger partial charge is 0.329 e. The van der Waals surface area contributed by atoms with Gasteiger partial charge in [-0.05, 0) is 69.3 Å². The topological polar surface area (TPSA) is 134 Å². The SMILES string of the molecule is COc1cc(NC(=O)[C@H]2CC[C@@H](n3c(=O)n(CCCN)c4c(C(N)=O)cccc43)CC2)ccc1C. The normalized spacial score (nSPS) is 17.9. The highest BCUT2D eigenvalue weighted by molar-refractivity contribution is 6.04. The molecule has 2 amide bonds. The number of ether oxygens (including phenoxy) is 1. The van der Waals surface area contributed by atoms with Gasteiger partial charge in [0.1, 0.15) is 5.75 Å². The second-order valence-electron chi connectivity index (χ2n) is 9.16. The summed E-state index contributed by atoms with van der Waals surface area (Å²) in [5.74, 6) is -0.00119. The van der Waals surface area contributed by atoms with E-state index in [9.17, 15) is 14.4 Å². The van der Waals surface area contributed by atoms with Crippen molar-refractivity contribution in [2.45, 2.75) is 51.6 Å². The van der Waals surface area contributed by atoms with E-state index in [1.807, 2.05) is 31.2 Å². The van der Waals surface area contributed by atoms with Crippen LogP contribution in [0.15, 0.2) is 41.2 Å². The Morgan fingerprint density at radius 3 is 2.54 bits per heavy atom. The minimum Gasteiger partial charge on any atom is -0.496 e. The number of rotatable bonds is 8. The van der Waals surface area contributed by atoms with Crippen LogP contribution in [0.4, 0.5) is 5.69 Å². The van der Waals surface area contributed by atoms with Crippen molar-refractivity contribution in [2.24, 2.45) is 17.4 Å². The summed E-state index contributed by atoms with van der Waals surface area (Å²) in [6.45, 7) is 2.80. The first-order valence-electron chi connectivity index (χ1n) is 12.0. The van der Waals surface area contributed by atoms with Crippen LogP contribution >= 0.6 is 0 Å². The Morgan fingerprint density at radius 1 is 1.14 bits per heavy atom. The van der Waals surface area contributed by atoms with Crippen LogP contribution in [-0.4, -0.2) is 34.6 Å². The Labute approximate surface area is 204 Å². The van der Waals surface area contributed by atoms with Crippen molar-refractivity contribution in [3.63, 3.8) is 0 Å². The molecule has 4 rings (SSSR count). The number of carbonyl (C=O) groups is 2. The van der Waals surface area contributed by atoms with E-state index in [4.69, 9.17) is 16.2 Å². The van der Waals surface area contributed by atoms with Crippen LogP contribution < -0.4 is 27.2 Å². The molecule has 0 bridgehead atoms. The predicted molar refractivity (Wildman–Crippen MR) is 136 cm³/mol. The van der Waals surface area contributed by atoms with E-state index in [1.54, 1.807) is 28.4 Å². The van der Waals surface area contributed by atoms with Crippen molar-refractivity contribution in [1.29, 1.82) is 0 Å². The molecule has 35 heavy (non-hydrogen) atoms. The molecule has 186 valence electrons. The molecule has 9 heteroatoms. The minimum atomic E-state index is -0.567. The van der Waals surface area contributed by atoms with Gasteiger partial charge in [0.05, 0.1) is 23.7 Å². The van der Waals surface area contributed by atoms with Crippen molar-refractivity contribution < 1.29 is 14.3 Å². The highest BCUT2D eigenvalue weighted by Crippen LogP contribution is 2.35. The van der Waals surface area contributed by atoms with E-state index in [1.165, 1.54) is 0 Å². The van der Waals surface area contributed by atoms with Crippen LogP contribution in [0.25, 0.3) is 11.0 Å². The molecule has 0 unspecified atom stereocenters. The van der Waals surface area contributed by atoms with E-state index >= 15 is 0 Å². The van der Waals surface area contributed by atoms with Crippen LogP contribution in [0.5, 0.6) is 5.75 Å². The molecule has 1 aromatic heterocycles. The monoisotopic (exact) mass is 479 g/mol. The van der Waals surface area contributed by atoms with Gasteiger partial charge in [-0.2, -0.15) is 0 Å². The molecule has 1 saturated carbocycles. The van der Waals surface area contributed by atoms with Crippen LogP contribution in [0, 0.1) is 12.8 Å². The first-order chi connectivity index (χ1) is 16.8. The molecular formula is C26H33N5O4. The zero-order chi connectivity index (χ0) is 25.1. The Balaban J connectivity index is 1.55. The summed E-state index contributed by atoms with van der Waals surface area (Å²) in [6, 6.07) is 10.8. The van der Waals surface area contributed by atoms with Gasteiger partial charge in [-0.1, -0.05) is 12.1 Å². The van der Waals surface area contributed by atoms with E-state index in [2.05, 4.69) is 5.32 Å². The fourth-order valence-corrected chi connectivity index (χ4v) is 5.08. The molecule has 1 fully saturated rings. The fourth-order valence-electron chi connectivity index (χ4n) is 5.08. The molecule has 1 heterocycles. The van der Waals surface area contributed by atoms with Gasteiger partial charge in [-0.3, -0.25) is 18.7 Å². The summed E-state index contributed by atoms with van der Waals surface area (Å²) in [4.78, 5) is 38.5. The Bertz CT molecular complexity index is 1300. The number of hydrogen-bond donors (Lipinski definition) is 3. The number of primary amides is 1. The molecular weight excluding hydrogens is 446 g/mol. The molecule has 0 spiro atoms. The van der Waals surface area contributed by atoms with Gasteiger partial charge in [0.15, 0.2) is 0 Å². The molecule has 0 saturated heterocycles. The van der Waals surface area contributed by atoms with Gasteiger partial charge in [0.25, 0.3) is 5.91 Å². The largest absolute Gasteiger partial charge is 0.496 e. The summed E-state index contributed by atoms with van der Waals surface area (Å²) in [5, 5.41) is 3.00. The van der Waals surface area contributed by atoms with Gasteiger partial charge in [-0.25, -0.2) is 4.79 Å². The number of aryl methyl sites for hydroxylation is 2. The van der Waals surface area contributed by atoms with Crippen molar-refractivity contribution in [3.8, 4) is 5.75 Å². The van der Waals surface area contributed by atoms with Gasteiger partial charge >= 0.3 is 5.69 Å². The summed E-state index contributed by atoms with van der Waals surface area (Å²) in [6.07, 6.45) is 3.31. The second kappa shape index (κ2) is 10.4. The number of para-hydroxylation sites is 1. The van der Waals surface area contributed by atoms with Gasteiger partial charge < -0.3 is 21.5 Å². The van der Waals surface area contributed by atoms with Crippen LogP contribution in [0.3, 0.4) is 0 Å². The van der Waals surface area contributed by atoms with E-state index in [0.29, 0.717) is 67.5 Å². The molecule has 0 atom stereocenters. The molecule has 9 nitrogen and oxygen atoms in total. The average molecular weight is 480 g/mol. The molecule has 1 aliphatic rings. The molecule has 1 aliphatic carbocycles. The summed E-state index contributed by atoms with van der Waals surface area (Å²) < 4.78 is 8.74. The Hall–Kier alpha value is -3.59. The third-order valence-corrected chi connectivity index (χ3v) is 6.94. The van der Waals surface area contributed by atoms with Gasteiger partial charge in [0.2, 0.25) is 5.91 Å². The number of nitrogens with one attached hydrogen (secondary N) is 1. The lowest BCUT2D eigenvalue weighted by atomic mass is 9.85. The summed E-state index contributed by atoms with van der Waals surface area (Å²) >= 11 is 0. The number of nitrogens with two attached hydrogens (primary N) is 2. The standard InChI is InChI=1S/C26H33N5O4/c1-16-7-10-18(15-22(16)35-2)29-25(33)17-8-11-19(12-9-17)31-21-6-3-5-20(24(28)32)23(21)30(26(31)34)14-4-13-27/h3,5-7,10,15,17,19H,4,8-9,11-14,27H2,1-2H3,(H2,28,32)(H,29,33)/t17-,19+. The van der Waals surface area contributed by atoms with Crippen LogP contribution in [0.2, 0.25) is 0 Å². The van der Waals surface area contributed by atoms with Crippen molar-refractivity contribution >= 4 is 28.5 Å². The maximum absolute atomic E-state index is 13.5. The lowest BCUT2D eigenvalue weighted by Crippen LogP contribution is -2.33. The molecule has 0 aliphatic heterocycles. The van der Waals surface area contributed by atoms with E-state index in [0.717, 1.165) is 11.3 Å². The number of anilines is 1. The quantitative estimate of drug-likeness (QED) is 0.457. The zero-order valence-electron chi connectivity index (χ0n) is 20.3. The molecule has 3 aromatic rings. The molecule has 5 N–H and O–H groups in total. The van der Waals surface area contributed by atoms with Crippen molar-refractivity contribution in [1.82, 2.24) is 9.13 Å². The Kier molecular flexibility index (Phi) is 7.25. The summed E-state index contributed by atoms with van der Waals surface area (Å²) in [7, 11) is 1.61. The third-order valence-electron chi connectivity index (χ3n) is 6.94. The molecule has 0 radical (unpaired) electrons. The predicted octanol–water partition coefficient (Wildman–Crippen LogP) is 2.94.